The zero-order valence-electron chi connectivity index (χ0n) is 12.6. The van der Waals surface area contributed by atoms with Crippen LogP contribution in [0.4, 0.5) is 5.69 Å². The summed E-state index contributed by atoms with van der Waals surface area (Å²) in [4.78, 5) is 12.9. The molecule has 2 unspecified atom stereocenters. The Bertz CT molecular complexity index is 507. The highest BCUT2D eigenvalue weighted by Crippen LogP contribution is 2.30. The predicted octanol–water partition coefficient (Wildman–Crippen LogP) is 2.31. The molecule has 0 saturated carbocycles. The van der Waals surface area contributed by atoms with Crippen LogP contribution in [0.3, 0.4) is 0 Å². The number of non-ortho nitro benzene ring substituents is 1. The van der Waals surface area contributed by atoms with E-state index in [1.54, 1.807) is 19.2 Å². The van der Waals surface area contributed by atoms with Crippen molar-refractivity contribution in [3.63, 3.8) is 0 Å². The number of nitro groups is 1. The van der Waals surface area contributed by atoms with Crippen molar-refractivity contribution in [1.82, 2.24) is 4.90 Å². The van der Waals surface area contributed by atoms with Crippen LogP contribution in [0.15, 0.2) is 18.2 Å². The number of hydrogen-bond donors (Lipinski definition) is 1. The first-order valence-electron chi connectivity index (χ1n) is 7.34. The van der Waals surface area contributed by atoms with E-state index in [1.807, 2.05) is 0 Å². The molecule has 0 amide bonds. The molecule has 2 rings (SSSR count). The molecule has 0 spiro atoms. The summed E-state index contributed by atoms with van der Waals surface area (Å²) >= 11 is 0. The molecule has 1 aliphatic heterocycles. The number of nitrogens with zero attached hydrogens (tertiary/aromatic N) is 2. The molecule has 0 aliphatic carbocycles. The van der Waals surface area contributed by atoms with Crippen molar-refractivity contribution in [2.24, 2.45) is 5.73 Å². The van der Waals surface area contributed by atoms with Crippen molar-refractivity contribution < 1.29 is 9.66 Å². The summed E-state index contributed by atoms with van der Waals surface area (Å²) in [5.41, 5.74) is 6.82. The summed E-state index contributed by atoms with van der Waals surface area (Å²) in [5, 5.41) is 11.0. The third-order valence-corrected chi connectivity index (χ3v) is 4.29. The van der Waals surface area contributed by atoms with Gasteiger partial charge in [-0.1, -0.05) is 6.42 Å². The Labute approximate surface area is 125 Å². The second kappa shape index (κ2) is 6.87. The zero-order valence-corrected chi connectivity index (χ0v) is 12.6. The van der Waals surface area contributed by atoms with Gasteiger partial charge in [-0.15, -0.1) is 0 Å². The maximum Gasteiger partial charge on any atom is 0.270 e. The van der Waals surface area contributed by atoms with E-state index < -0.39 is 0 Å². The van der Waals surface area contributed by atoms with E-state index in [9.17, 15) is 10.1 Å². The molecule has 0 bridgehead atoms. The molecule has 1 aromatic carbocycles. The van der Waals surface area contributed by atoms with E-state index in [0.717, 1.165) is 18.4 Å². The summed E-state index contributed by atoms with van der Waals surface area (Å²) in [5.74, 6) is 0.689. The van der Waals surface area contributed by atoms with Crippen LogP contribution < -0.4 is 10.5 Å². The number of benzene rings is 1. The fourth-order valence-electron chi connectivity index (χ4n) is 3.08. The molecule has 6 heteroatoms. The van der Waals surface area contributed by atoms with E-state index in [2.05, 4.69) is 11.8 Å². The Kier molecular flexibility index (Phi) is 5.14. The highest BCUT2D eigenvalue weighted by Gasteiger charge is 2.28. The van der Waals surface area contributed by atoms with Crippen LogP contribution in [-0.4, -0.2) is 35.6 Å². The Morgan fingerprint density at radius 2 is 2.24 bits per heavy atom. The standard InChI is InChI=1S/C15H23N3O3/c1-11-4-3-5-14(9-16)17(11)10-12-8-13(18(19)20)6-7-15(12)21-2/h6-8,11,14H,3-5,9-10,16H2,1-2H3. The lowest BCUT2D eigenvalue weighted by Gasteiger charge is -2.40. The van der Waals surface area contributed by atoms with Crippen LogP contribution in [0.25, 0.3) is 0 Å². The molecule has 1 saturated heterocycles. The van der Waals surface area contributed by atoms with Gasteiger partial charge in [0.1, 0.15) is 5.75 Å². The normalized spacial score (nSPS) is 23.0. The number of nitrogens with two attached hydrogens (primary N) is 1. The minimum atomic E-state index is -0.372. The first-order valence-corrected chi connectivity index (χ1v) is 7.34. The first kappa shape index (κ1) is 15.7. The van der Waals surface area contributed by atoms with E-state index in [-0.39, 0.29) is 10.6 Å². The summed E-state index contributed by atoms with van der Waals surface area (Å²) in [6, 6.07) is 5.50. The number of hydrogen-bond acceptors (Lipinski definition) is 5. The monoisotopic (exact) mass is 293 g/mol. The summed E-state index contributed by atoms with van der Waals surface area (Å²) in [7, 11) is 1.59. The topological polar surface area (TPSA) is 81.6 Å². The molecule has 1 aromatic rings. The Balaban J connectivity index is 2.27. The second-order valence-electron chi connectivity index (χ2n) is 5.60. The van der Waals surface area contributed by atoms with Gasteiger partial charge in [-0.2, -0.15) is 0 Å². The lowest BCUT2D eigenvalue weighted by molar-refractivity contribution is -0.385. The van der Waals surface area contributed by atoms with Crippen LogP contribution >= 0.6 is 0 Å². The Morgan fingerprint density at radius 3 is 2.86 bits per heavy atom. The third kappa shape index (κ3) is 3.51. The van der Waals surface area contributed by atoms with Gasteiger partial charge in [0.25, 0.3) is 5.69 Å². The van der Waals surface area contributed by atoms with Gasteiger partial charge in [-0.3, -0.25) is 15.0 Å². The predicted molar refractivity (Wildman–Crippen MR) is 81.3 cm³/mol. The summed E-state index contributed by atoms with van der Waals surface area (Å²) in [6.07, 6.45) is 3.40. The molecule has 0 radical (unpaired) electrons. The van der Waals surface area contributed by atoms with Gasteiger partial charge >= 0.3 is 0 Å². The van der Waals surface area contributed by atoms with Gasteiger partial charge < -0.3 is 10.5 Å². The van der Waals surface area contributed by atoms with Gasteiger partial charge in [0.05, 0.1) is 12.0 Å². The van der Waals surface area contributed by atoms with Crippen molar-refractivity contribution in [2.75, 3.05) is 13.7 Å². The van der Waals surface area contributed by atoms with Crippen LogP contribution in [0.1, 0.15) is 31.7 Å². The molecule has 0 aromatic heterocycles. The fraction of sp³-hybridized carbons (Fsp3) is 0.600. The smallest absolute Gasteiger partial charge is 0.270 e. The lowest BCUT2D eigenvalue weighted by Crippen LogP contribution is -2.48. The highest BCUT2D eigenvalue weighted by atomic mass is 16.6. The SMILES string of the molecule is COc1ccc([N+](=O)[O-])cc1CN1C(C)CCCC1CN. The van der Waals surface area contributed by atoms with Crippen molar-refractivity contribution in [3.8, 4) is 5.75 Å². The van der Waals surface area contributed by atoms with Crippen LogP contribution in [0, 0.1) is 10.1 Å². The third-order valence-electron chi connectivity index (χ3n) is 4.29. The number of nitro benzene ring substituents is 1. The zero-order chi connectivity index (χ0) is 15.4. The van der Waals surface area contributed by atoms with Gasteiger partial charge in [0.15, 0.2) is 0 Å². The van der Waals surface area contributed by atoms with Gasteiger partial charge in [-0.05, 0) is 25.8 Å². The van der Waals surface area contributed by atoms with Crippen molar-refractivity contribution in [2.45, 2.75) is 44.8 Å². The minimum Gasteiger partial charge on any atom is -0.496 e. The van der Waals surface area contributed by atoms with Crippen LogP contribution in [-0.2, 0) is 6.54 Å². The van der Waals surface area contributed by atoms with Crippen LogP contribution in [0.2, 0.25) is 0 Å². The molecule has 116 valence electrons. The number of ether oxygens (including phenoxy) is 1. The Morgan fingerprint density at radius 1 is 1.48 bits per heavy atom. The largest absolute Gasteiger partial charge is 0.496 e. The van der Waals surface area contributed by atoms with E-state index in [1.165, 1.54) is 12.5 Å². The molecule has 2 N–H and O–H groups in total. The highest BCUT2D eigenvalue weighted by molar-refractivity contribution is 5.43. The maximum atomic E-state index is 11.0. The minimum absolute atomic E-state index is 0.0970. The molecule has 2 atom stereocenters. The van der Waals surface area contributed by atoms with Gasteiger partial charge in [-0.25, -0.2) is 0 Å². The molecule has 21 heavy (non-hydrogen) atoms. The van der Waals surface area contributed by atoms with Gasteiger partial charge in [0.2, 0.25) is 0 Å². The number of likely N-dealkylation sites (tertiary alicyclic amines) is 1. The van der Waals surface area contributed by atoms with E-state index >= 15 is 0 Å². The molecular formula is C15H23N3O3. The van der Waals surface area contributed by atoms with Crippen LogP contribution in [0.5, 0.6) is 5.75 Å². The summed E-state index contributed by atoms with van der Waals surface area (Å²) < 4.78 is 5.35. The van der Waals surface area contributed by atoms with Crippen molar-refractivity contribution in [1.29, 1.82) is 0 Å². The first-order chi connectivity index (χ1) is 10.1. The number of rotatable bonds is 5. The van der Waals surface area contributed by atoms with E-state index in [4.69, 9.17) is 10.5 Å². The Hall–Kier alpha value is -1.66. The summed E-state index contributed by atoms with van der Waals surface area (Å²) in [6.45, 7) is 3.43. The lowest BCUT2D eigenvalue weighted by atomic mass is 9.95. The van der Waals surface area contributed by atoms with E-state index in [0.29, 0.717) is 30.9 Å². The molecule has 1 heterocycles. The molecule has 1 fully saturated rings. The number of piperidine rings is 1. The maximum absolute atomic E-state index is 11.0. The van der Waals surface area contributed by atoms with Gasteiger partial charge in [0, 0.05) is 42.9 Å². The molecule has 6 nitrogen and oxygen atoms in total. The molecule has 1 aliphatic rings. The average molecular weight is 293 g/mol. The van der Waals surface area contributed by atoms with Crippen molar-refractivity contribution in [3.05, 3.63) is 33.9 Å². The quantitative estimate of drug-likeness (QED) is 0.665. The molecular weight excluding hydrogens is 270 g/mol. The van der Waals surface area contributed by atoms with Crippen molar-refractivity contribution >= 4 is 5.69 Å². The second-order valence-corrected chi connectivity index (χ2v) is 5.60. The fourth-order valence-corrected chi connectivity index (χ4v) is 3.08. The average Bonchev–Trinajstić information content (AvgIpc) is 2.49. The number of methoxy groups -OCH3 is 1.